The Morgan fingerprint density at radius 1 is 1.40 bits per heavy atom. The van der Waals surface area contributed by atoms with Crippen molar-refractivity contribution in [2.24, 2.45) is 0 Å². The average Bonchev–Trinajstić information content (AvgIpc) is 2.16. The second kappa shape index (κ2) is 6.44. The van der Waals surface area contributed by atoms with Crippen molar-refractivity contribution in [2.75, 3.05) is 18.8 Å². The highest BCUT2D eigenvalue weighted by atomic mass is 32.2. The molecule has 0 aromatic carbocycles. The first kappa shape index (κ1) is 12.0. The molecule has 1 rings (SSSR count). The first-order valence-electron chi connectivity index (χ1n) is 4.81. The lowest BCUT2D eigenvalue weighted by Gasteiger charge is -2.02. The number of hydrogen-bond acceptors (Lipinski definition) is 4. The number of rotatable bonds is 5. The molecule has 0 saturated carbocycles. The predicted octanol–water partition coefficient (Wildman–Crippen LogP) is 1.41. The van der Waals surface area contributed by atoms with Crippen molar-refractivity contribution in [3.05, 3.63) is 17.5 Å². The highest BCUT2D eigenvalue weighted by Crippen LogP contribution is 2.12. The van der Waals surface area contributed by atoms with E-state index in [2.05, 4.69) is 21.2 Å². The lowest BCUT2D eigenvalue weighted by molar-refractivity contribution is 0.814. The van der Waals surface area contributed by atoms with Gasteiger partial charge in [0, 0.05) is 23.7 Å². The highest BCUT2D eigenvalue weighted by molar-refractivity contribution is 7.99. The minimum absolute atomic E-state index is 0.619. The molecule has 0 aliphatic heterocycles. The molecule has 0 unspecified atom stereocenters. The topological polar surface area (TPSA) is 37.8 Å². The molecule has 1 aromatic rings. The van der Waals surface area contributed by atoms with Gasteiger partial charge in [-0.25, -0.2) is 9.97 Å². The molecule has 0 atom stereocenters. The van der Waals surface area contributed by atoms with Gasteiger partial charge < -0.3 is 5.32 Å². The number of nitrogens with zero attached hydrogens (tertiary/aromatic N) is 2. The number of aryl methyl sites for hydroxylation is 2. The van der Waals surface area contributed by atoms with Crippen LogP contribution in [0.1, 0.15) is 11.4 Å². The number of thioether (sulfide) groups is 1. The molecule has 0 radical (unpaired) electrons. The number of nitrogens with one attached hydrogen (secondary N) is 1. The maximum atomic E-state index is 5.12. The van der Waals surface area contributed by atoms with Crippen LogP contribution in [0.2, 0.25) is 0 Å². The average molecular weight is 221 g/mol. The zero-order valence-electron chi connectivity index (χ0n) is 9.08. The molecule has 1 N–H and O–H groups in total. The zero-order chi connectivity index (χ0) is 11.1. The largest absolute Gasteiger partial charge is 0.305 e. The zero-order valence-corrected chi connectivity index (χ0v) is 9.90. The summed E-state index contributed by atoms with van der Waals surface area (Å²) in [5.74, 6) is 3.47. The van der Waals surface area contributed by atoms with Gasteiger partial charge in [0.1, 0.15) is 0 Å². The van der Waals surface area contributed by atoms with Crippen LogP contribution in [0, 0.1) is 26.2 Å². The summed E-state index contributed by atoms with van der Waals surface area (Å²) in [4.78, 5) is 8.67. The highest BCUT2D eigenvalue weighted by Gasteiger charge is 1.99. The lowest BCUT2D eigenvalue weighted by Crippen LogP contribution is -2.17. The van der Waals surface area contributed by atoms with E-state index in [0.29, 0.717) is 6.54 Å². The SMILES string of the molecule is C#CCNCCSc1nc(C)cc(C)n1. The fourth-order valence-corrected chi connectivity index (χ4v) is 1.98. The third-order valence-electron chi connectivity index (χ3n) is 1.70. The lowest BCUT2D eigenvalue weighted by atomic mass is 10.4. The smallest absolute Gasteiger partial charge is 0.188 e. The Kier molecular flexibility index (Phi) is 5.16. The molecule has 0 aliphatic rings. The molecular weight excluding hydrogens is 206 g/mol. The van der Waals surface area contributed by atoms with E-state index in [1.807, 2.05) is 19.9 Å². The van der Waals surface area contributed by atoms with Crippen LogP contribution in [0.3, 0.4) is 0 Å². The summed E-state index contributed by atoms with van der Waals surface area (Å²) in [6.07, 6.45) is 5.12. The molecule has 0 fully saturated rings. The van der Waals surface area contributed by atoms with E-state index in [0.717, 1.165) is 28.8 Å². The predicted molar refractivity (Wildman–Crippen MR) is 63.9 cm³/mol. The first-order chi connectivity index (χ1) is 7.22. The van der Waals surface area contributed by atoms with Gasteiger partial charge in [0.25, 0.3) is 0 Å². The van der Waals surface area contributed by atoms with E-state index in [-0.39, 0.29) is 0 Å². The summed E-state index contributed by atoms with van der Waals surface area (Å²) < 4.78 is 0. The molecular formula is C11H15N3S. The van der Waals surface area contributed by atoms with E-state index in [9.17, 15) is 0 Å². The van der Waals surface area contributed by atoms with Gasteiger partial charge in [0.15, 0.2) is 5.16 Å². The van der Waals surface area contributed by atoms with Crippen LogP contribution >= 0.6 is 11.8 Å². The number of terminal acetylenes is 1. The number of aromatic nitrogens is 2. The fourth-order valence-electron chi connectivity index (χ4n) is 1.13. The molecule has 1 heterocycles. The van der Waals surface area contributed by atoms with Gasteiger partial charge in [-0.05, 0) is 19.9 Å². The van der Waals surface area contributed by atoms with Gasteiger partial charge in [-0.2, -0.15) is 0 Å². The molecule has 0 aliphatic carbocycles. The van der Waals surface area contributed by atoms with Gasteiger partial charge in [-0.3, -0.25) is 0 Å². The maximum absolute atomic E-state index is 5.12. The Balaban J connectivity index is 2.34. The summed E-state index contributed by atoms with van der Waals surface area (Å²) in [6, 6.07) is 1.97. The maximum Gasteiger partial charge on any atom is 0.188 e. The molecule has 0 amide bonds. The molecule has 4 heteroatoms. The third-order valence-corrected chi connectivity index (χ3v) is 2.55. The van der Waals surface area contributed by atoms with E-state index in [1.54, 1.807) is 11.8 Å². The monoisotopic (exact) mass is 221 g/mol. The van der Waals surface area contributed by atoms with E-state index < -0.39 is 0 Å². The van der Waals surface area contributed by atoms with Gasteiger partial charge in [-0.15, -0.1) is 6.42 Å². The van der Waals surface area contributed by atoms with Crippen molar-refractivity contribution in [1.82, 2.24) is 15.3 Å². The summed E-state index contributed by atoms with van der Waals surface area (Å²) in [5, 5.41) is 3.96. The van der Waals surface area contributed by atoms with Crippen LogP contribution < -0.4 is 5.32 Å². The minimum atomic E-state index is 0.619. The second-order valence-corrected chi connectivity index (χ2v) is 4.22. The Labute approximate surface area is 95.1 Å². The van der Waals surface area contributed by atoms with Gasteiger partial charge in [-0.1, -0.05) is 17.7 Å². The van der Waals surface area contributed by atoms with Crippen LogP contribution in [0.5, 0.6) is 0 Å². The van der Waals surface area contributed by atoms with Crippen molar-refractivity contribution in [3.8, 4) is 12.3 Å². The quantitative estimate of drug-likeness (QED) is 0.353. The molecule has 80 valence electrons. The van der Waals surface area contributed by atoms with Crippen LogP contribution in [0.4, 0.5) is 0 Å². The van der Waals surface area contributed by atoms with Gasteiger partial charge in [0.2, 0.25) is 0 Å². The molecule has 1 aromatic heterocycles. The Morgan fingerprint density at radius 2 is 2.07 bits per heavy atom. The molecule has 15 heavy (non-hydrogen) atoms. The van der Waals surface area contributed by atoms with Crippen LogP contribution in [0.15, 0.2) is 11.2 Å². The van der Waals surface area contributed by atoms with Crippen molar-refractivity contribution in [1.29, 1.82) is 0 Å². The Hall–Kier alpha value is -1.05. The van der Waals surface area contributed by atoms with Gasteiger partial charge in [0.05, 0.1) is 6.54 Å². The molecule has 0 spiro atoms. The van der Waals surface area contributed by atoms with Crippen LogP contribution in [-0.2, 0) is 0 Å². The third kappa shape index (κ3) is 4.82. The van der Waals surface area contributed by atoms with E-state index >= 15 is 0 Å². The minimum Gasteiger partial charge on any atom is -0.305 e. The van der Waals surface area contributed by atoms with Gasteiger partial charge >= 0.3 is 0 Å². The normalized spacial score (nSPS) is 9.93. The van der Waals surface area contributed by atoms with Crippen LogP contribution in [0.25, 0.3) is 0 Å². The van der Waals surface area contributed by atoms with E-state index in [4.69, 9.17) is 6.42 Å². The van der Waals surface area contributed by atoms with Crippen molar-refractivity contribution < 1.29 is 0 Å². The molecule has 0 saturated heterocycles. The Bertz CT molecular complexity index is 337. The second-order valence-electron chi connectivity index (χ2n) is 3.16. The van der Waals surface area contributed by atoms with Crippen molar-refractivity contribution >= 4 is 11.8 Å². The number of hydrogen-bond donors (Lipinski definition) is 1. The summed E-state index contributed by atoms with van der Waals surface area (Å²) in [7, 11) is 0. The van der Waals surface area contributed by atoms with E-state index in [1.165, 1.54) is 0 Å². The first-order valence-corrected chi connectivity index (χ1v) is 5.80. The standard InChI is InChI=1S/C11H15N3S/c1-4-5-12-6-7-15-11-13-9(2)8-10(3)14-11/h1,8,12H,5-7H2,2-3H3. The summed E-state index contributed by atoms with van der Waals surface area (Å²) in [5.41, 5.74) is 2.03. The molecule has 3 nitrogen and oxygen atoms in total. The van der Waals surface area contributed by atoms with Crippen molar-refractivity contribution in [2.45, 2.75) is 19.0 Å². The van der Waals surface area contributed by atoms with Crippen LogP contribution in [-0.4, -0.2) is 28.8 Å². The Morgan fingerprint density at radius 3 is 2.67 bits per heavy atom. The summed E-state index contributed by atoms with van der Waals surface area (Å²) >= 11 is 1.65. The molecule has 0 bridgehead atoms. The fraction of sp³-hybridized carbons (Fsp3) is 0.455. The summed E-state index contributed by atoms with van der Waals surface area (Å²) in [6.45, 7) is 5.46. The van der Waals surface area contributed by atoms with Crippen molar-refractivity contribution in [3.63, 3.8) is 0 Å².